The maximum atomic E-state index is 14.1. The second-order valence-electron chi connectivity index (χ2n) is 6.49. The van der Waals surface area contributed by atoms with E-state index in [1.807, 2.05) is 6.92 Å². The number of hydrogen-bond acceptors (Lipinski definition) is 4. The van der Waals surface area contributed by atoms with Gasteiger partial charge in [-0.25, -0.2) is 23.9 Å². The molecule has 1 aromatic carbocycles. The zero-order valence-electron chi connectivity index (χ0n) is 14.5. The van der Waals surface area contributed by atoms with Gasteiger partial charge in [-0.05, 0) is 44.2 Å². The minimum Gasteiger partial charge on any atom is -0.311 e. The van der Waals surface area contributed by atoms with Crippen LogP contribution in [0, 0.1) is 11.7 Å². The molecular formula is C19H20FN3O3. The predicted octanol–water partition coefficient (Wildman–Crippen LogP) is 2.90. The fraction of sp³-hybridized carbons (Fsp3) is 0.368. The lowest BCUT2D eigenvalue weighted by molar-refractivity contribution is -0.298. The number of halogens is 1. The number of aryl methyl sites for hydroxylation is 1. The summed E-state index contributed by atoms with van der Waals surface area (Å²) in [6.45, 7) is 2.88. The molecule has 0 aliphatic heterocycles. The van der Waals surface area contributed by atoms with Crippen molar-refractivity contribution in [3.8, 4) is 11.3 Å². The molecule has 1 N–H and O–H groups in total. The van der Waals surface area contributed by atoms with Crippen LogP contribution in [0.15, 0.2) is 35.3 Å². The van der Waals surface area contributed by atoms with Crippen molar-refractivity contribution in [1.29, 1.82) is 0 Å². The summed E-state index contributed by atoms with van der Waals surface area (Å²) in [4.78, 5) is 30.1. The molecule has 136 valence electrons. The standard InChI is InChI=1S/C19H20FN3O3/c1-2-25-26-11-12-7-8-16-14(9-12)18-21-17(10-23(18)19(24)22-16)13-5-3-4-6-15(13)20/h3-6,10,12H,2,7-9,11H2,1H3,(H,22,24). The van der Waals surface area contributed by atoms with Crippen LogP contribution in [0.5, 0.6) is 0 Å². The molecular weight excluding hydrogens is 337 g/mol. The number of nitrogens with one attached hydrogen (secondary N) is 1. The third-order valence-electron chi connectivity index (χ3n) is 4.77. The summed E-state index contributed by atoms with van der Waals surface area (Å²) in [6, 6.07) is 6.44. The lowest BCUT2D eigenvalue weighted by Crippen LogP contribution is -2.26. The van der Waals surface area contributed by atoms with Crippen molar-refractivity contribution < 1.29 is 14.2 Å². The van der Waals surface area contributed by atoms with E-state index in [-0.39, 0.29) is 17.4 Å². The van der Waals surface area contributed by atoms with Gasteiger partial charge >= 0.3 is 5.69 Å². The first-order valence-electron chi connectivity index (χ1n) is 8.79. The summed E-state index contributed by atoms with van der Waals surface area (Å²) in [6.07, 6.45) is 3.99. The van der Waals surface area contributed by atoms with Gasteiger partial charge in [-0.3, -0.25) is 4.40 Å². The molecule has 0 amide bonds. The molecule has 0 bridgehead atoms. The molecule has 2 aromatic heterocycles. The summed E-state index contributed by atoms with van der Waals surface area (Å²) in [5.74, 6) is -0.0680. The Balaban J connectivity index is 1.74. The van der Waals surface area contributed by atoms with Crippen LogP contribution in [0.3, 0.4) is 0 Å². The molecule has 26 heavy (non-hydrogen) atoms. The average molecular weight is 357 g/mol. The van der Waals surface area contributed by atoms with Crippen LogP contribution in [0.25, 0.3) is 16.9 Å². The number of aromatic nitrogens is 3. The van der Waals surface area contributed by atoms with E-state index < -0.39 is 0 Å². The number of hydrogen-bond donors (Lipinski definition) is 1. The van der Waals surface area contributed by atoms with Crippen LogP contribution in [0.4, 0.5) is 4.39 Å². The van der Waals surface area contributed by atoms with Gasteiger partial charge in [0.05, 0.1) is 18.9 Å². The van der Waals surface area contributed by atoms with Crippen LogP contribution in [-0.2, 0) is 22.6 Å². The summed E-state index contributed by atoms with van der Waals surface area (Å²) in [5, 5.41) is 0. The molecule has 0 spiro atoms. The van der Waals surface area contributed by atoms with Crippen LogP contribution < -0.4 is 5.69 Å². The first kappa shape index (κ1) is 16.9. The summed E-state index contributed by atoms with van der Waals surface area (Å²) in [5.41, 5.74) is 3.07. The minimum atomic E-state index is -0.357. The zero-order valence-corrected chi connectivity index (χ0v) is 14.5. The zero-order chi connectivity index (χ0) is 18.1. The molecule has 2 heterocycles. The minimum absolute atomic E-state index is 0.252. The van der Waals surface area contributed by atoms with Gasteiger partial charge in [0.1, 0.15) is 11.5 Å². The molecule has 4 rings (SSSR count). The summed E-state index contributed by atoms with van der Waals surface area (Å²) >= 11 is 0. The molecule has 0 saturated carbocycles. The van der Waals surface area contributed by atoms with E-state index in [0.29, 0.717) is 30.1 Å². The Hall–Kier alpha value is -2.51. The maximum Gasteiger partial charge on any atom is 0.331 e. The number of aromatic amines is 1. The Morgan fingerprint density at radius 3 is 3.00 bits per heavy atom. The third-order valence-corrected chi connectivity index (χ3v) is 4.77. The Labute approximate surface area is 149 Å². The lowest BCUT2D eigenvalue weighted by Gasteiger charge is -2.23. The van der Waals surface area contributed by atoms with Crippen molar-refractivity contribution in [2.75, 3.05) is 13.2 Å². The Bertz CT molecular complexity index is 995. The topological polar surface area (TPSA) is 68.6 Å². The van der Waals surface area contributed by atoms with Gasteiger partial charge in [0.2, 0.25) is 0 Å². The molecule has 3 aromatic rings. The maximum absolute atomic E-state index is 14.1. The smallest absolute Gasteiger partial charge is 0.311 e. The molecule has 0 saturated heterocycles. The number of benzene rings is 1. The number of imidazole rings is 1. The predicted molar refractivity (Wildman–Crippen MR) is 94.3 cm³/mol. The van der Waals surface area contributed by atoms with Gasteiger partial charge in [0, 0.05) is 23.0 Å². The van der Waals surface area contributed by atoms with E-state index in [1.54, 1.807) is 24.4 Å². The van der Waals surface area contributed by atoms with Gasteiger partial charge in [0.25, 0.3) is 0 Å². The Morgan fingerprint density at radius 2 is 2.19 bits per heavy atom. The quantitative estimate of drug-likeness (QED) is 0.433. The van der Waals surface area contributed by atoms with Crippen LogP contribution in [0.2, 0.25) is 0 Å². The first-order valence-corrected chi connectivity index (χ1v) is 8.79. The molecule has 1 aliphatic carbocycles. The number of rotatable bonds is 5. The summed E-state index contributed by atoms with van der Waals surface area (Å²) in [7, 11) is 0. The SMILES string of the molecule is CCOOCC1CCc2[nH]c(=O)n3cc(-c4ccccc4F)nc3c2C1. The van der Waals surface area contributed by atoms with Crippen LogP contribution in [-0.4, -0.2) is 27.6 Å². The van der Waals surface area contributed by atoms with Gasteiger partial charge in [-0.1, -0.05) is 12.1 Å². The highest BCUT2D eigenvalue weighted by Gasteiger charge is 2.24. The van der Waals surface area contributed by atoms with Gasteiger partial charge in [-0.2, -0.15) is 0 Å². The third kappa shape index (κ3) is 3.04. The van der Waals surface area contributed by atoms with Crippen molar-refractivity contribution in [3.63, 3.8) is 0 Å². The Morgan fingerprint density at radius 1 is 1.35 bits per heavy atom. The molecule has 1 atom stereocenters. The van der Waals surface area contributed by atoms with Gasteiger partial charge in [-0.15, -0.1) is 0 Å². The molecule has 1 aliphatic rings. The van der Waals surface area contributed by atoms with Crippen molar-refractivity contribution in [2.24, 2.45) is 5.92 Å². The molecule has 1 unspecified atom stereocenters. The highest BCUT2D eigenvalue weighted by atomic mass is 19.1. The largest absolute Gasteiger partial charge is 0.331 e. The molecule has 6 nitrogen and oxygen atoms in total. The number of H-pyrrole nitrogens is 1. The van der Waals surface area contributed by atoms with Crippen molar-refractivity contribution in [1.82, 2.24) is 14.4 Å². The number of fused-ring (bicyclic) bond motifs is 3. The van der Waals surface area contributed by atoms with Crippen LogP contribution >= 0.6 is 0 Å². The molecule has 0 fully saturated rings. The first-order chi connectivity index (χ1) is 12.7. The Kier molecular flexibility index (Phi) is 4.57. The average Bonchev–Trinajstić information content (AvgIpc) is 3.09. The second-order valence-corrected chi connectivity index (χ2v) is 6.49. The normalized spacial score (nSPS) is 16.8. The molecule has 0 radical (unpaired) electrons. The highest BCUT2D eigenvalue weighted by Crippen LogP contribution is 2.29. The van der Waals surface area contributed by atoms with Crippen molar-refractivity contribution in [3.05, 3.63) is 58.0 Å². The second kappa shape index (κ2) is 7.01. The van der Waals surface area contributed by atoms with E-state index in [0.717, 1.165) is 30.5 Å². The molecule has 7 heteroatoms. The van der Waals surface area contributed by atoms with Gasteiger partial charge in [0.15, 0.2) is 0 Å². The van der Waals surface area contributed by atoms with Crippen molar-refractivity contribution >= 4 is 5.65 Å². The van der Waals surface area contributed by atoms with Crippen LogP contribution in [0.1, 0.15) is 24.6 Å². The lowest BCUT2D eigenvalue weighted by atomic mass is 9.87. The van der Waals surface area contributed by atoms with Gasteiger partial charge < -0.3 is 4.98 Å². The number of nitrogens with zero attached hydrogens (tertiary/aromatic N) is 2. The van der Waals surface area contributed by atoms with E-state index in [2.05, 4.69) is 9.97 Å². The fourth-order valence-corrected chi connectivity index (χ4v) is 3.48. The van der Waals surface area contributed by atoms with E-state index in [9.17, 15) is 9.18 Å². The van der Waals surface area contributed by atoms with Crippen molar-refractivity contribution in [2.45, 2.75) is 26.2 Å². The van der Waals surface area contributed by atoms with E-state index in [4.69, 9.17) is 9.78 Å². The van der Waals surface area contributed by atoms with E-state index >= 15 is 0 Å². The monoisotopic (exact) mass is 357 g/mol. The highest BCUT2D eigenvalue weighted by molar-refractivity contribution is 5.65. The van der Waals surface area contributed by atoms with E-state index in [1.165, 1.54) is 10.5 Å². The fourth-order valence-electron chi connectivity index (χ4n) is 3.48. The summed E-state index contributed by atoms with van der Waals surface area (Å²) < 4.78 is 15.6.